The van der Waals surface area contributed by atoms with Gasteiger partial charge in [0.2, 0.25) is 5.82 Å². The third-order valence-electron chi connectivity index (χ3n) is 6.78. The van der Waals surface area contributed by atoms with Gasteiger partial charge in [-0.3, -0.25) is 0 Å². The molecule has 1 aliphatic rings. The van der Waals surface area contributed by atoms with Crippen LogP contribution in [0.5, 0.6) is 5.75 Å². The predicted molar refractivity (Wildman–Crippen MR) is 130 cm³/mol. The van der Waals surface area contributed by atoms with Crippen molar-refractivity contribution in [3.63, 3.8) is 0 Å². The summed E-state index contributed by atoms with van der Waals surface area (Å²) < 4.78 is 74.1. The van der Waals surface area contributed by atoms with Crippen LogP contribution in [0.1, 0.15) is 60.0 Å². The molecule has 3 aromatic carbocycles. The number of benzene rings is 3. The molecule has 0 amide bonds. The van der Waals surface area contributed by atoms with Crippen molar-refractivity contribution >= 4 is 5.97 Å². The van der Waals surface area contributed by atoms with Gasteiger partial charge in [0.05, 0.1) is 18.3 Å². The van der Waals surface area contributed by atoms with Gasteiger partial charge in [0, 0.05) is 24.8 Å². The molecule has 0 atom stereocenters. The highest BCUT2D eigenvalue weighted by Crippen LogP contribution is 2.37. The van der Waals surface area contributed by atoms with E-state index < -0.39 is 35.0 Å². The number of carbonyl (C=O) groups excluding carboxylic acids is 1. The molecule has 0 radical (unpaired) electrons. The minimum atomic E-state index is -1.22. The van der Waals surface area contributed by atoms with E-state index in [1.165, 1.54) is 48.5 Å². The lowest BCUT2D eigenvalue weighted by atomic mass is 9.82. The molecule has 0 N–H and O–H groups in total. The molecule has 0 spiro atoms. The molecule has 37 heavy (non-hydrogen) atoms. The Morgan fingerprint density at radius 1 is 0.838 bits per heavy atom. The minimum absolute atomic E-state index is 0.0147. The summed E-state index contributed by atoms with van der Waals surface area (Å²) in [6, 6.07) is 11.1. The van der Waals surface area contributed by atoms with E-state index >= 15 is 0 Å². The maximum absolute atomic E-state index is 14.8. The second-order valence-corrected chi connectivity index (χ2v) is 8.99. The van der Waals surface area contributed by atoms with Gasteiger partial charge < -0.3 is 14.2 Å². The van der Waals surface area contributed by atoms with E-state index in [9.17, 15) is 22.4 Å². The number of methoxy groups -OCH3 is 1. The third-order valence-corrected chi connectivity index (χ3v) is 6.78. The van der Waals surface area contributed by atoms with E-state index in [4.69, 9.17) is 14.2 Å². The van der Waals surface area contributed by atoms with Crippen LogP contribution < -0.4 is 4.74 Å². The summed E-state index contributed by atoms with van der Waals surface area (Å²) in [5.41, 5.74) is 0.755. The molecule has 196 valence electrons. The maximum Gasteiger partial charge on any atom is 0.343 e. The number of rotatable bonds is 8. The number of hydrogen-bond acceptors (Lipinski definition) is 4. The van der Waals surface area contributed by atoms with Gasteiger partial charge in [-0.05, 0) is 67.9 Å². The Kier molecular flexibility index (Phi) is 8.61. The number of ether oxygens (including phenoxy) is 3. The first-order valence-corrected chi connectivity index (χ1v) is 12.2. The van der Waals surface area contributed by atoms with Gasteiger partial charge in [-0.15, -0.1) is 0 Å². The van der Waals surface area contributed by atoms with Gasteiger partial charge in [-0.25, -0.2) is 18.0 Å². The lowest BCUT2D eigenvalue weighted by molar-refractivity contribution is 0.0653. The molecule has 1 fully saturated rings. The SMILES string of the molecule is CCOCc1ccc(-c2ccc(C(=O)Oc3ccc(C4CCC(OC)CC4)c(F)c3F)cc2)c(F)c1F. The Morgan fingerprint density at radius 2 is 1.54 bits per heavy atom. The highest BCUT2D eigenvalue weighted by molar-refractivity contribution is 5.91. The first kappa shape index (κ1) is 26.8. The zero-order valence-electron chi connectivity index (χ0n) is 20.7. The molecule has 0 unspecified atom stereocenters. The van der Waals surface area contributed by atoms with Crippen molar-refractivity contribution in [2.45, 2.75) is 51.2 Å². The monoisotopic (exact) mass is 516 g/mol. The average Bonchev–Trinajstić information content (AvgIpc) is 2.92. The lowest BCUT2D eigenvalue weighted by Crippen LogP contribution is -2.20. The van der Waals surface area contributed by atoms with Gasteiger partial charge in [-0.1, -0.05) is 30.3 Å². The van der Waals surface area contributed by atoms with E-state index in [1.54, 1.807) is 14.0 Å². The van der Waals surface area contributed by atoms with Crippen LogP contribution in [0.3, 0.4) is 0 Å². The molecule has 0 saturated heterocycles. The average molecular weight is 517 g/mol. The normalized spacial score (nSPS) is 17.6. The van der Waals surface area contributed by atoms with Crippen LogP contribution in [0.4, 0.5) is 17.6 Å². The van der Waals surface area contributed by atoms with E-state index in [1.807, 2.05) is 0 Å². The van der Waals surface area contributed by atoms with Crippen LogP contribution in [-0.2, 0) is 16.1 Å². The molecule has 0 heterocycles. The van der Waals surface area contributed by atoms with Crippen LogP contribution in [0.15, 0.2) is 48.5 Å². The first-order chi connectivity index (χ1) is 17.8. The summed E-state index contributed by atoms with van der Waals surface area (Å²) in [5, 5.41) is 0. The second kappa shape index (κ2) is 11.9. The van der Waals surface area contributed by atoms with Gasteiger partial charge in [0.25, 0.3) is 0 Å². The van der Waals surface area contributed by atoms with Crippen LogP contribution in [-0.4, -0.2) is 25.8 Å². The number of hydrogen-bond donors (Lipinski definition) is 0. The molecule has 0 bridgehead atoms. The van der Waals surface area contributed by atoms with Crippen molar-refractivity contribution in [3.05, 3.63) is 88.5 Å². The topological polar surface area (TPSA) is 44.8 Å². The summed E-state index contributed by atoms with van der Waals surface area (Å²) in [4.78, 5) is 12.6. The minimum Gasteiger partial charge on any atom is -0.420 e. The smallest absolute Gasteiger partial charge is 0.343 e. The molecule has 4 rings (SSSR count). The molecular formula is C29H28F4O4. The van der Waals surface area contributed by atoms with Gasteiger partial charge >= 0.3 is 5.97 Å². The fraction of sp³-hybridized carbons (Fsp3) is 0.345. The molecular weight excluding hydrogens is 488 g/mol. The third kappa shape index (κ3) is 5.86. The summed E-state index contributed by atoms with van der Waals surface area (Å²) in [5.74, 6) is -5.82. The Morgan fingerprint density at radius 3 is 2.19 bits per heavy atom. The fourth-order valence-electron chi connectivity index (χ4n) is 4.63. The van der Waals surface area contributed by atoms with Gasteiger partial charge in [-0.2, -0.15) is 4.39 Å². The molecule has 8 heteroatoms. The summed E-state index contributed by atoms with van der Waals surface area (Å²) in [6.07, 6.45) is 3.03. The zero-order valence-corrected chi connectivity index (χ0v) is 20.7. The van der Waals surface area contributed by atoms with E-state index in [2.05, 4.69) is 0 Å². The predicted octanol–water partition coefficient (Wildman–Crippen LogP) is 7.34. The molecule has 3 aromatic rings. The van der Waals surface area contributed by atoms with Crippen molar-refractivity contribution in [3.8, 4) is 16.9 Å². The summed E-state index contributed by atoms with van der Waals surface area (Å²) in [6.45, 7) is 2.08. The highest BCUT2D eigenvalue weighted by Gasteiger charge is 2.27. The van der Waals surface area contributed by atoms with Crippen LogP contribution in [0, 0.1) is 23.3 Å². The maximum atomic E-state index is 14.8. The molecule has 0 aliphatic heterocycles. The lowest BCUT2D eigenvalue weighted by Gasteiger charge is -2.28. The molecule has 0 aromatic heterocycles. The summed E-state index contributed by atoms with van der Waals surface area (Å²) in [7, 11) is 1.64. The quantitative estimate of drug-likeness (QED) is 0.179. The van der Waals surface area contributed by atoms with E-state index in [0.717, 1.165) is 12.8 Å². The fourth-order valence-corrected chi connectivity index (χ4v) is 4.63. The van der Waals surface area contributed by atoms with Crippen molar-refractivity contribution in [1.82, 2.24) is 0 Å². The van der Waals surface area contributed by atoms with Crippen molar-refractivity contribution in [2.75, 3.05) is 13.7 Å². The number of halogens is 4. The second-order valence-electron chi connectivity index (χ2n) is 8.99. The first-order valence-electron chi connectivity index (χ1n) is 12.2. The van der Waals surface area contributed by atoms with Crippen LogP contribution in [0.2, 0.25) is 0 Å². The van der Waals surface area contributed by atoms with Crippen LogP contribution >= 0.6 is 0 Å². The summed E-state index contributed by atoms with van der Waals surface area (Å²) >= 11 is 0. The highest BCUT2D eigenvalue weighted by atomic mass is 19.2. The van der Waals surface area contributed by atoms with E-state index in [0.29, 0.717) is 25.0 Å². The van der Waals surface area contributed by atoms with Crippen molar-refractivity contribution in [1.29, 1.82) is 0 Å². The Bertz CT molecular complexity index is 1250. The molecule has 1 aliphatic carbocycles. The standard InChI is InChI=1S/C29H28F4O4/c1-3-36-16-20-10-13-22(26(31)25(20)30)17-4-6-19(7-5-17)29(34)37-24-15-14-23(27(32)28(24)33)18-8-11-21(35-2)12-9-18/h4-7,10,13-15,18,21H,3,8-9,11-12,16H2,1-2H3. The molecule has 1 saturated carbocycles. The largest absolute Gasteiger partial charge is 0.420 e. The zero-order chi connectivity index (χ0) is 26.5. The number of esters is 1. The molecule has 4 nitrogen and oxygen atoms in total. The van der Waals surface area contributed by atoms with Crippen LogP contribution in [0.25, 0.3) is 11.1 Å². The van der Waals surface area contributed by atoms with Gasteiger partial charge in [0.1, 0.15) is 0 Å². The van der Waals surface area contributed by atoms with Crippen molar-refractivity contribution in [2.24, 2.45) is 0 Å². The van der Waals surface area contributed by atoms with Gasteiger partial charge in [0.15, 0.2) is 23.2 Å². The van der Waals surface area contributed by atoms with E-state index in [-0.39, 0.29) is 40.9 Å². The Hall–Kier alpha value is -3.23. The Balaban J connectivity index is 1.46. The van der Waals surface area contributed by atoms with Crippen molar-refractivity contribution < 1.29 is 36.6 Å². The Labute approximate surface area is 213 Å². The number of carbonyl (C=O) groups is 1.